The van der Waals surface area contributed by atoms with Gasteiger partial charge >= 0.3 is 6.18 Å². The zero-order chi connectivity index (χ0) is 17.2. The zero-order valence-corrected chi connectivity index (χ0v) is 14.3. The third-order valence-electron chi connectivity index (χ3n) is 2.72. The van der Waals surface area contributed by atoms with Crippen LogP contribution in [-0.4, -0.2) is 5.11 Å². The normalized spacial score (nSPS) is 11.2. The van der Waals surface area contributed by atoms with Crippen LogP contribution in [0.4, 0.5) is 28.9 Å². The lowest BCUT2D eigenvalue weighted by atomic mass is 10.2. The van der Waals surface area contributed by atoms with E-state index in [0.717, 1.165) is 10.5 Å². The third-order valence-corrected chi connectivity index (χ3v) is 3.73. The Labute approximate surface area is 148 Å². The molecule has 0 heterocycles. The predicted octanol–water partition coefficient (Wildman–Crippen LogP) is 6.07. The third kappa shape index (κ3) is 4.79. The topological polar surface area (TPSA) is 24.1 Å². The fraction of sp³-hybridized carbons (Fsp3) is 0.0714. The largest absolute Gasteiger partial charge is 0.416 e. The summed E-state index contributed by atoms with van der Waals surface area (Å²) in [5, 5.41) is 5.33. The summed E-state index contributed by atoms with van der Waals surface area (Å²) in [6.07, 6.45) is -4.58. The molecular weight excluding hydrogens is 420 g/mol. The maximum atomic E-state index is 13.6. The summed E-state index contributed by atoms with van der Waals surface area (Å²) in [5.74, 6) is -0.857. The Kier molecular flexibility index (Phi) is 5.49. The van der Waals surface area contributed by atoms with Crippen LogP contribution in [0, 0.1) is 5.82 Å². The van der Waals surface area contributed by atoms with E-state index in [1.165, 1.54) is 0 Å². The van der Waals surface area contributed by atoms with Crippen LogP contribution in [0.5, 0.6) is 0 Å². The predicted molar refractivity (Wildman–Crippen MR) is 90.4 cm³/mol. The first kappa shape index (κ1) is 18.0. The summed E-state index contributed by atoms with van der Waals surface area (Å²) >= 11 is 14.2. The molecule has 0 aliphatic carbocycles. The van der Waals surface area contributed by atoms with Crippen molar-refractivity contribution in [2.24, 2.45) is 0 Å². The number of alkyl halides is 3. The van der Waals surface area contributed by atoms with Crippen molar-refractivity contribution in [1.82, 2.24) is 0 Å². The lowest BCUT2D eigenvalue weighted by Gasteiger charge is -2.14. The van der Waals surface area contributed by atoms with E-state index >= 15 is 0 Å². The summed E-state index contributed by atoms with van der Waals surface area (Å²) in [5.41, 5.74) is -0.934. The van der Waals surface area contributed by atoms with Crippen molar-refractivity contribution in [2.45, 2.75) is 6.18 Å². The quantitative estimate of drug-likeness (QED) is 0.449. The molecule has 0 unspecified atom stereocenters. The van der Waals surface area contributed by atoms with Gasteiger partial charge in [-0.2, -0.15) is 13.2 Å². The Hall–Kier alpha value is -1.38. The lowest BCUT2D eigenvalue weighted by Crippen LogP contribution is -2.20. The van der Waals surface area contributed by atoms with Crippen LogP contribution in [0.3, 0.4) is 0 Å². The number of nitrogens with one attached hydrogen (secondary N) is 2. The molecule has 122 valence electrons. The second-order valence-corrected chi connectivity index (χ2v) is 6.13. The van der Waals surface area contributed by atoms with Gasteiger partial charge in [0, 0.05) is 4.47 Å². The SMILES string of the molecule is Fc1ccc(C(F)(F)F)cc1NC(=S)Nc1ccc(Br)cc1Cl. The van der Waals surface area contributed by atoms with Crippen molar-refractivity contribution >= 4 is 56.2 Å². The van der Waals surface area contributed by atoms with Gasteiger partial charge in [-0.15, -0.1) is 0 Å². The molecule has 0 amide bonds. The van der Waals surface area contributed by atoms with E-state index in [0.29, 0.717) is 22.8 Å². The molecule has 0 fully saturated rings. The van der Waals surface area contributed by atoms with Crippen LogP contribution in [-0.2, 0) is 6.18 Å². The molecule has 2 nitrogen and oxygen atoms in total. The molecule has 0 radical (unpaired) electrons. The number of halogens is 6. The summed E-state index contributed by atoms with van der Waals surface area (Å²) in [4.78, 5) is 0. The first-order valence-corrected chi connectivity index (χ1v) is 7.64. The maximum absolute atomic E-state index is 13.6. The molecule has 2 rings (SSSR count). The first-order valence-electron chi connectivity index (χ1n) is 6.06. The van der Waals surface area contributed by atoms with Gasteiger partial charge in [-0.05, 0) is 48.6 Å². The second kappa shape index (κ2) is 7.02. The summed E-state index contributed by atoms with van der Waals surface area (Å²) in [7, 11) is 0. The molecule has 0 saturated carbocycles. The summed E-state index contributed by atoms with van der Waals surface area (Å²) in [6.45, 7) is 0. The minimum absolute atomic E-state index is 0.0903. The maximum Gasteiger partial charge on any atom is 0.416 e. The van der Waals surface area contributed by atoms with Gasteiger partial charge in [0.2, 0.25) is 0 Å². The number of hydrogen-bond acceptors (Lipinski definition) is 1. The van der Waals surface area contributed by atoms with Crippen molar-refractivity contribution in [1.29, 1.82) is 0 Å². The Balaban J connectivity index is 2.17. The zero-order valence-electron chi connectivity index (χ0n) is 11.1. The number of rotatable bonds is 2. The van der Waals surface area contributed by atoms with Gasteiger partial charge in [-0.3, -0.25) is 0 Å². The fourth-order valence-corrected chi connectivity index (χ4v) is 2.60. The van der Waals surface area contributed by atoms with Crippen LogP contribution >= 0.6 is 39.7 Å². The highest BCUT2D eigenvalue weighted by molar-refractivity contribution is 9.10. The molecule has 2 N–H and O–H groups in total. The van der Waals surface area contributed by atoms with Gasteiger partial charge in [0.1, 0.15) is 5.82 Å². The van der Waals surface area contributed by atoms with Crippen LogP contribution in [0.2, 0.25) is 5.02 Å². The Bertz CT molecular complexity index is 752. The first-order chi connectivity index (χ1) is 10.7. The summed E-state index contributed by atoms with van der Waals surface area (Å²) in [6, 6.07) is 6.94. The number of hydrogen-bond donors (Lipinski definition) is 2. The second-order valence-electron chi connectivity index (χ2n) is 4.40. The molecule has 0 bridgehead atoms. The van der Waals surface area contributed by atoms with E-state index in [4.69, 9.17) is 23.8 Å². The Morgan fingerprint density at radius 3 is 2.30 bits per heavy atom. The van der Waals surface area contributed by atoms with Crippen LogP contribution in [0.25, 0.3) is 0 Å². The standard InChI is InChI=1S/C14H8BrClF4N2S/c15-8-2-4-11(9(16)6-8)21-13(23)22-12-5-7(14(18,19)20)1-3-10(12)17/h1-6H,(H2,21,22,23). The average Bonchev–Trinajstić information content (AvgIpc) is 2.43. The van der Waals surface area contributed by atoms with Gasteiger partial charge < -0.3 is 10.6 Å². The fourth-order valence-electron chi connectivity index (χ4n) is 1.66. The van der Waals surface area contributed by atoms with Crippen molar-refractivity contribution in [3.63, 3.8) is 0 Å². The molecule has 0 aliphatic rings. The van der Waals surface area contributed by atoms with Crippen LogP contribution < -0.4 is 10.6 Å². The molecule has 23 heavy (non-hydrogen) atoms. The van der Waals surface area contributed by atoms with Gasteiger partial charge in [-0.25, -0.2) is 4.39 Å². The monoisotopic (exact) mass is 426 g/mol. The molecule has 0 saturated heterocycles. The molecule has 0 aliphatic heterocycles. The molecule has 9 heteroatoms. The van der Waals surface area contributed by atoms with Gasteiger partial charge in [0.05, 0.1) is 22.0 Å². The van der Waals surface area contributed by atoms with Crippen molar-refractivity contribution in [3.8, 4) is 0 Å². The highest BCUT2D eigenvalue weighted by Crippen LogP contribution is 2.32. The molecular formula is C14H8BrClF4N2S. The molecule has 0 aromatic heterocycles. The lowest BCUT2D eigenvalue weighted by molar-refractivity contribution is -0.137. The Morgan fingerprint density at radius 2 is 1.70 bits per heavy atom. The molecule has 2 aromatic rings. The molecule has 0 atom stereocenters. The van der Waals surface area contributed by atoms with E-state index in [2.05, 4.69) is 26.6 Å². The van der Waals surface area contributed by atoms with Crippen LogP contribution in [0.1, 0.15) is 5.56 Å². The van der Waals surface area contributed by atoms with E-state index in [9.17, 15) is 17.6 Å². The highest BCUT2D eigenvalue weighted by Gasteiger charge is 2.31. The highest BCUT2D eigenvalue weighted by atomic mass is 79.9. The smallest absolute Gasteiger partial charge is 0.331 e. The minimum Gasteiger partial charge on any atom is -0.331 e. The van der Waals surface area contributed by atoms with E-state index < -0.39 is 17.6 Å². The van der Waals surface area contributed by atoms with Crippen LogP contribution in [0.15, 0.2) is 40.9 Å². The van der Waals surface area contributed by atoms with Gasteiger partial charge in [0.15, 0.2) is 5.11 Å². The van der Waals surface area contributed by atoms with Crippen molar-refractivity contribution in [3.05, 3.63) is 57.3 Å². The van der Waals surface area contributed by atoms with E-state index in [-0.39, 0.29) is 10.8 Å². The molecule has 0 spiro atoms. The van der Waals surface area contributed by atoms with Crippen molar-refractivity contribution in [2.75, 3.05) is 10.6 Å². The number of benzene rings is 2. The van der Waals surface area contributed by atoms with Gasteiger partial charge in [0.25, 0.3) is 0 Å². The number of thiocarbonyl (C=S) groups is 1. The Morgan fingerprint density at radius 1 is 1.04 bits per heavy atom. The number of anilines is 2. The van der Waals surface area contributed by atoms with Gasteiger partial charge in [-0.1, -0.05) is 27.5 Å². The summed E-state index contributed by atoms with van der Waals surface area (Å²) < 4.78 is 52.3. The van der Waals surface area contributed by atoms with E-state index in [1.54, 1.807) is 18.2 Å². The van der Waals surface area contributed by atoms with Crippen molar-refractivity contribution < 1.29 is 17.6 Å². The minimum atomic E-state index is -4.58. The van der Waals surface area contributed by atoms with E-state index in [1.807, 2.05) is 0 Å². The average molecular weight is 428 g/mol. The molecule has 2 aromatic carbocycles.